The fourth-order valence-electron chi connectivity index (χ4n) is 1.49. The van der Waals surface area contributed by atoms with Crippen molar-refractivity contribution in [2.45, 2.75) is 32.3 Å². The second kappa shape index (κ2) is 4.90. The molecule has 1 fully saturated rings. The minimum Gasteiger partial charge on any atom is -0.393 e. The van der Waals surface area contributed by atoms with Gasteiger partial charge >= 0.3 is 0 Å². The lowest BCUT2D eigenvalue weighted by molar-refractivity contribution is -0.139. The predicted molar refractivity (Wildman–Crippen MR) is 62.6 cm³/mol. The maximum atomic E-state index is 11.8. The van der Waals surface area contributed by atoms with Crippen LogP contribution in [0.4, 0.5) is 0 Å². The van der Waals surface area contributed by atoms with E-state index < -0.39 is 5.60 Å². The molecule has 3 N–H and O–H groups in total. The van der Waals surface area contributed by atoms with Gasteiger partial charge in [0.05, 0.1) is 4.99 Å². The zero-order chi connectivity index (χ0) is 11.5. The van der Waals surface area contributed by atoms with Crippen molar-refractivity contribution in [3.63, 3.8) is 0 Å². The summed E-state index contributed by atoms with van der Waals surface area (Å²) in [5.41, 5.74) is 4.80. The molecule has 1 amide bonds. The van der Waals surface area contributed by atoms with Crippen molar-refractivity contribution in [1.82, 2.24) is 5.32 Å². The van der Waals surface area contributed by atoms with E-state index in [1.807, 2.05) is 13.8 Å². The third-order valence-electron chi connectivity index (χ3n) is 2.75. The van der Waals surface area contributed by atoms with Crippen LogP contribution >= 0.6 is 12.2 Å². The Morgan fingerprint density at radius 1 is 1.73 bits per heavy atom. The highest BCUT2D eigenvalue weighted by Crippen LogP contribution is 2.24. The van der Waals surface area contributed by atoms with Crippen molar-refractivity contribution in [2.75, 3.05) is 13.2 Å². The summed E-state index contributed by atoms with van der Waals surface area (Å²) >= 11 is 4.83. The number of hydrogen-bond donors (Lipinski definition) is 2. The van der Waals surface area contributed by atoms with Crippen molar-refractivity contribution >= 4 is 23.1 Å². The van der Waals surface area contributed by atoms with Crippen LogP contribution in [0.25, 0.3) is 0 Å². The summed E-state index contributed by atoms with van der Waals surface area (Å²) in [6.45, 7) is 4.85. The highest BCUT2D eigenvalue weighted by atomic mass is 32.1. The minimum absolute atomic E-state index is 0.0222. The smallest absolute Gasteiger partial charge is 0.251 e. The first-order valence-electron chi connectivity index (χ1n) is 5.17. The number of rotatable bonds is 4. The van der Waals surface area contributed by atoms with Gasteiger partial charge in [-0.15, -0.1) is 0 Å². The molecule has 0 aromatic heterocycles. The van der Waals surface area contributed by atoms with E-state index in [9.17, 15) is 4.79 Å². The fourth-order valence-corrected chi connectivity index (χ4v) is 1.57. The van der Waals surface area contributed by atoms with Crippen molar-refractivity contribution < 1.29 is 9.53 Å². The third kappa shape index (κ3) is 3.14. The Morgan fingerprint density at radius 2 is 2.40 bits per heavy atom. The Labute approximate surface area is 95.5 Å². The van der Waals surface area contributed by atoms with Gasteiger partial charge in [0.2, 0.25) is 0 Å². The Morgan fingerprint density at radius 3 is 2.87 bits per heavy atom. The van der Waals surface area contributed by atoms with Gasteiger partial charge in [-0.3, -0.25) is 4.79 Å². The molecule has 0 radical (unpaired) electrons. The normalized spacial score (nSPS) is 27.3. The Balaban J connectivity index is 2.39. The molecule has 2 atom stereocenters. The molecule has 4 nitrogen and oxygen atoms in total. The van der Waals surface area contributed by atoms with Crippen LogP contribution in [0.2, 0.25) is 0 Å². The molecule has 1 heterocycles. The maximum Gasteiger partial charge on any atom is 0.251 e. The molecule has 0 aliphatic carbocycles. The van der Waals surface area contributed by atoms with Gasteiger partial charge in [0.1, 0.15) is 5.60 Å². The van der Waals surface area contributed by atoms with Crippen LogP contribution in [-0.4, -0.2) is 29.6 Å². The SMILES string of the molecule is CC(CNC(=O)C1(C)CCCO1)C(N)=S. The monoisotopic (exact) mass is 230 g/mol. The molecule has 0 aromatic rings. The first kappa shape index (κ1) is 12.4. The Kier molecular flexibility index (Phi) is 4.04. The Hall–Kier alpha value is -0.680. The first-order valence-corrected chi connectivity index (χ1v) is 5.58. The summed E-state index contributed by atoms with van der Waals surface area (Å²) in [4.78, 5) is 12.2. The highest BCUT2D eigenvalue weighted by Gasteiger charge is 2.37. The summed E-state index contributed by atoms with van der Waals surface area (Å²) in [7, 11) is 0. The molecule has 0 saturated carbocycles. The first-order chi connectivity index (χ1) is 6.96. The van der Waals surface area contributed by atoms with Gasteiger partial charge in [0.15, 0.2) is 0 Å². The summed E-state index contributed by atoms with van der Waals surface area (Å²) in [5.74, 6) is -0.0444. The number of thiocarbonyl (C=S) groups is 1. The molecule has 86 valence electrons. The molecule has 1 aliphatic rings. The van der Waals surface area contributed by atoms with E-state index in [1.54, 1.807) is 0 Å². The molecule has 0 spiro atoms. The average molecular weight is 230 g/mol. The van der Waals surface area contributed by atoms with Crippen LogP contribution in [0.3, 0.4) is 0 Å². The van der Waals surface area contributed by atoms with E-state index in [0.717, 1.165) is 12.8 Å². The van der Waals surface area contributed by atoms with Crippen molar-refractivity contribution in [3.8, 4) is 0 Å². The number of nitrogens with one attached hydrogen (secondary N) is 1. The summed E-state index contributed by atoms with van der Waals surface area (Å²) in [6.07, 6.45) is 1.72. The van der Waals surface area contributed by atoms with E-state index in [2.05, 4.69) is 5.32 Å². The maximum absolute atomic E-state index is 11.8. The highest BCUT2D eigenvalue weighted by molar-refractivity contribution is 7.80. The van der Waals surface area contributed by atoms with E-state index in [-0.39, 0.29) is 11.8 Å². The second-order valence-electron chi connectivity index (χ2n) is 4.20. The summed E-state index contributed by atoms with van der Waals surface area (Å²) < 4.78 is 5.42. The van der Waals surface area contributed by atoms with Gasteiger partial charge < -0.3 is 15.8 Å². The standard InChI is InChI=1S/C10H18N2O2S/c1-7(8(11)15)6-12-9(13)10(2)4-3-5-14-10/h7H,3-6H2,1-2H3,(H2,11,15)(H,12,13). The van der Waals surface area contributed by atoms with Crippen LogP contribution in [0.1, 0.15) is 26.7 Å². The number of amides is 1. The minimum atomic E-state index is -0.657. The van der Waals surface area contributed by atoms with Crippen LogP contribution in [0.5, 0.6) is 0 Å². The molecule has 2 unspecified atom stereocenters. The summed E-state index contributed by atoms with van der Waals surface area (Å²) in [6, 6.07) is 0. The van der Waals surface area contributed by atoms with Crippen molar-refractivity contribution in [1.29, 1.82) is 0 Å². The van der Waals surface area contributed by atoms with E-state index >= 15 is 0 Å². The molecule has 0 aromatic carbocycles. The number of hydrogen-bond acceptors (Lipinski definition) is 3. The molecule has 0 bridgehead atoms. The number of ether oxygens (including phenoxy) is 1. The van der Waals surface area contributed by atoms with Crippen LogP contribution in [0, 0.1) is 5.92 Å². The number of carbonyl (C=O) groups is 1. The largest absolute Gasteiger partial charge is 0.393 e. The topological polar surface area (TPSA) is 64.3 Å². The van der Waals surface area contributed by atoms with Gasteiger partial charge in [-0.05, 0) is 19.8 Å². The van der Waals surface area contributed by atoms with Gasteiger partial charge in [-0.1, -0.05) is 19.1 Å². The lowest BCUT2D eigenvalue weighted by atomic mass is 10.0. The van der Waals surface area contributed by atoms with Crippen molar-refractivity contribution in [3.05, 3.63) is 0 Å². The lowest BCUT2D eigenvalue weighted by Gasteiger charge is -2.22. The van der Waals surface area contributed by atoms with Crippen LogP contribution in [-0.2, 0) is 9.53 Å². The predicted octanol–water partition coefficient (Wildman–Crippen LogP) is 0.594. The van der Waals surface area contributed by atoms with Gasteiger partial charge in [0.25, 0.3) is 5.91 Å². The molecule has 1 saturated heterocycles. The van der Waals surface area contributed by atoms with Gasteiger partial charge in [-0.2, -0.15) is 0 Å². The molecule has 15 heavy (non-hydrogen) atoms. The van der Waals surface area contributed by atoms with Crippen LogP contribution in [0.15, 0.2) is 0 Å². The van der Waals surface area contributed by atoms with E-state index in [1.165, 1.54) is 0 Å². The quantitative estimate of drug-likeness (QED) is 0.694. The van der Waals surface area contributed by atoms with Gasteiger partial charge in [0, 0.05) is 19.1 Å². The fraction of sp³-hybridized carbons (Fsp3) is 0.800. The zero-order valence-electron chi connectivity index (χ0n) is 9.21. The summed E-state index contributed by atoms with van der Waals surface area (Å²) in [5, 5.41) is 2.81. The zero-order valence-corrected chi connectivity index (χ0v) is 10.0. The Bertz CT molecular complexity index is 262. The van der Waals surface area contributed by atoms with Gasteiger partial charge in [-0.25, -0.2) is 0 Å². The molecule has 5 heteroatoms. The average Bonchev–Trinajstić information content (AvgIpc) is 2.62. The molecule has 1 rings (SSSR count). The molecule has 1 aliphatic heterocycles. The lowest BCUT2D eigenvalue weighted by Crippen LogP contribution is -2.46. The van der Waals surface area contributed by atoms with Crippen molar-refractivity contribution in [2.24, 2.45) is 11.7 Å². The number of carbonyl (C=O) groups excluding carboxylic acids is 1. The van der Waals surface area contributed by atoms with E-state index in [0.29, 0.717) is 18.1 Å². The third-order valence-corrected chi connectivity index (χ3v) is 3.16. The van der Waals surface area contributed by atoms with E-state index in [4.69, 9.17) is 22.7 Å². The van der Waals surface area contributed by atoms with Crippen LogP contribution < -0.4 is 11.1 Å². The number of nitrogens with two attached hydrogens (primary N) is 1. The molecular weight excluding hydrogens is 212 g/mol. The second-order valence-corrected chi connectivity index (χ2v) is 4.67. The molecular formula is C10H18N2O2S.